The number of nitrogens with zero attached hydrogens (tertiary/aromatic N) is 1. The van der Waals surface area contributed by atoms with Crippen molar-refractivity contribution in [2.75, 3.05) is 11.1 Å². The van der Waals surface area contributed by atoms with Gasteiger partial charge in [0.1, 0.15) is 0 Å². The molecule has 1 aliphatic heterocycles. The van der Waals surface area contributed by atoms with E-state index in [0.29, 0.717) is 17.7 Å². The number of aromatic nitrogens is 1. The predicted octanol–water partition coefficient (Wildman–Crippen LogP) is 3.01. The average molecular weight is 327 g/mol. The Kier molecular flexibility index (Phi) is 4.62. The molecule has 1 aromatic heterocycles. The summed E-state index contributed by atoms with van der Waals surface area (Å²) in [6.45, 7) is 1.89. The Morgan fingerprint density at radius 1 is 1.35 bits per heavy atom. The number of pyridine rings is 1. The van der Waals surface area contributed by atoms with Crippen LogP contribution < -0.4 is 10.6 Å². The third-order valence-electron chi connectivity index (χ3n) is 3.58. The second-order valence-corrected chi connectivity index (χ2v) is 6.44. The van der Waals surface area contributed by atoms with Crippen molar-refractivity contribution >= 4 is 29.3 Å². The molecule has 1 unspecified atom stereocenters. The summed E-state index contributed by atoms with van der Waals surface area (Å²) in [6, 6.07) is 10.8. The molecule has 1 aromatic carbocycles. The summed E-state index contributed by atoms with van der Waals surface area (Å²) >= 11 is 1.62. The summed E-state index contributed by atoms with van der Waals surface area (Å²) in [6.07, 6.45) is 2.19. The van der Waals surface area contributed by atoms with E-state index in [-0.39, 0.29) is 17.9 Å². The quantitative estimate of drug-likeness (QED) is 0.909. The van der Waals surface area contributed by atoms with E-state index in [1.165, 1.54) is 0 Å². The summed E-state index contributed by atoms with van der Waals surface area (Å²) in [4.78, 5) is 29.3. The molecular weight excluding hydrogens is 310 g/mol. The van der Waals surface area contributed by atoms with Crippen molar-refractivity contribution in [3.05, 3.63) is 53.9 Å². The molecule has 0 spiro atoms. The van der Waals surface area contributed by atoms with Crippen LogP contribution in [0.3, 0.4) is 0 Å². The van der Waals surface area contributed by atoms with Crippen LogP contribution in [0.5, 0.6) is 0 Å². The van der Waals surface area contributed by atoms with Gasteiger partial charge in [-0.25, -0.2) is 0 Å². The van der Waals surface area contributed by atoms with E-state index in [9.17, 15) is 9.59 Å². The first-order chi connectivity index (χ1) is 11.1. The highest BCUT2D eigenvalue weighted by molar-refractivity contribution is 7.99. The fraction of sp³-hybridized carbons (Fsp3) is 0.235. The summed E-state index contributed by atoms with van der Waals surface area (Å²) in [5.41, 5.74) is 2.03. The minimum absolute atomic E-state index is 0.0179. The van der Waals surface area contributed by atoms with Crippen molar-refractivity contribution in [2.24, 2.45) is 0 Å². The van der Waals surface area contributed by atoms with Crippen LogP contribution in [-0.2, 0) is 4.79 Å². The Hall–Kier alpha value is -2.34. The number of hydrogen-bond donors (Lipinski definition) is 2. The molecule has 5 nitrogen and oxygen atoms in total. The SMILES string of the molecule is CC(NC(=O)c1ccc2c(c1)NC(=O)CCS2)c1ccccn1. The normalized spacial score (nSPS) is 15.1. The zero-order chi connectivity index (χ0) is 16.2. The Balaban J connectivity index is 1.76. The standard InChI is InChI=1S/C17H17N3O2S/c1-11(13-4-2-3-8-18-13)19-17(22)12-5-6-15-14(10-12)20-16(21)7-9-23-15/h2-6,8,10-11H,7,9H2,1H3,(H,19,22)(H,20,21). The lowest BCUT2D eigenvalue weighted by atomic mass is 10.1. The molecule has 0 radical (unpaired) electrons. The molecule has 2 heterocycles. The largest absolute Gasteiger partial charge is 0.344 e. The van der Waals surface area contributed by atoms with Gasteiger partial charge in [-0.1, -0.05) is 6.07 Å². The summed E-state index contributed by atoms with van der Waals surface area (Å²) in [5, 5.41) is 5.78. The molecule has 2 amide bonds. The van der Waals surface area contributed by atoms with Gasteiger partial charge in [0.15, 0.2) is 0 Å². The zero-order valence-corrected chi connectivity index (χ0v) is 13.5. The Morgan fingerprint density at radius 3 is 3.00 bits per heavy atom. The molecule has 23 heavy (non-hydrogen) atoms. The van der Waals surface area contributed by atoms with E-state index in [1.807, 2.05) is 31.2 Å². The van der Waals surface area contributed by atoms with Gasteiger partial charge in [-0.2, -0.15) is 0 Å². The highest BCUT2D eigenvalue weighted by Crippen LogP contribution is 2.31. The van der Waals surface area contributed by atoms with Gasteiger partial charge in [-0.3, -0.25) is 14.6 Å². The average Bonchev–Trinajstić information content (AvgIpc) is 2.75. The second-order valence-electron chi connectivity index (χ2n) is 5.31. The van der Waals surface area contributed by atoms with Crippen LogP contribution in [0.4, 0.5) is 5.69 Å². The van der Waals surface area contributed by atoms with Crippen LogP contribution in [-0.4, -0.2) is 22.6 Å². The molecule has 3 rings (SSSR count). The third kappa shape index (κ3) is 3.71. The summed E-state index contributed by atoms with van der Waals surface area (Å²) in [7, 11) is 0. The molecule has 0 saturated heterocycles. The molecule has 0 saturated carbocycles. The zero-order valence-electron chi connectivity index (χ0n) is 12.7. The predicted molar refractivity (Wildman–Crippen MR) is 90.5 cm³/mol. The molecule has 0 fully saturated rings. The van der Waals surface area contributed by atoms with Gasteiger partial charge in [-0.15, -0.1) is 11.8 Å². The number of anilines is 1. The van der Waals surface area contributed by atoms with Crippen LogP contribution in [0.1, 0.15) is 35.4 Å². The van der Waals surface area contributed by atoms with E-state index in [0.717, 1.165) is 16.3 Å². The summed E-state index contributed by atoms with van der Waals surface area (Å²) < 4.78 is 0. The van der Waals surface area contributed by atoms with Crippen molar-refractivity contribution in [3.63, 3.8) is 0 Å². The molecule has 1 atom stereocenters. The number of carbonyl (C=O) groups is 2. The van der Waals surface area contributed by atoms with E-state index >= 15 is 0 Å². The van der Waals surface area contributed by atoms with Crippen molar-refractivity contribution in [1.29, 1.82) is 0 Å². The van der Waals surface area contributed by atoms with E-state index in [4.69, 9.17) is 0 Å². The van der Waals surface area contributed by atoms with Crippen LogP contribution in [0.15, 0.2) is 47.5 Å². The van der Waals surface area contributed by atoms with Gasteiger partial charge in [0.25, 0.3) is 5.91 Å². The molecule has 0 bridgehead atoms. The fourth-order valence-electron chi connectivity index (χ4n) is 2.35. The maximum absolute atomic E-state index is 12.4. The first-order valence-electron chi connectivity index (χ1n) is 7.42. The topological polar surface area (TPSA) is 71.1 Å². The van der Waals surface area contributed by atoms with Crippen molar-refractivity contribution < 1.29 is 9.59 Å². The Morgan fingerprint density at radius 2 is 2.22 bits per heavy atom. The number of hydrogen-bond acceptors (Lipinski definition) is 4. The minimum Gasteiger partial charge on any atom is -0.344 e. The molecular formula is C17H17N3O2S. The molecule has 118 valence electrons. The van der Waals surface area contributed by atoms with Gasteiger partial charge in [0.05, 0.1) is 17.4 Å². The van der Waals surface area contributed by atoms with Gasteiger partial charge in [0, 0.05) is 28.8 Å². The van der Waals surface area contributed by atoms with Gasteiger partial charge in [-0.05, 0) is 37.3 Å². The number of carbonyl (C=O) groups excluding carboxylic acids is 2. The molecule has 1 aliphatic rings. The van der Waals surface area contributed by atoms with E-state index in [2.05, 4.69) is 15.6 Å². The number of fused-ring (bicyclic) bond motifs is 1. The van der Waals surface area contributed by atoms with E-state index < -0.39 is 0 Å². The minimum atomic E-state index is -0.188. The number of amides is 2. The molecule has 6 heteroatoms. The lowest BCUT2D eigenvalue weighted by Gasteiger charge is -2.14. The lowest BCUT2D eigenvalue weighted by Crippen LogP contribution is -2.27. The van der Waals surface area contributed by atoms with Crippen LogP contribution in [0, 0.1) is 0 Å². The Bertz CT molecular complexity index is 734. The maximum atomic E-state index is 12.4. The first kappa shape index (κ1) is 15.6. The third-order valence-corrected chi connectivity index (χ3v) is 4.66. The van der Waals surface area contributed by atoms with Gasteiger partial charge in [0.2, 0.25) is 5.91 Å². The lowest BCUT2D eigenvalue weighted by molar-refractivity contribution is -0.115. The van der Waals surface area contributed by atoms with Crippen LogP contribution >= 0.6 is 11.8 Å². The van der Waals surface area contributed by atoms with Crippen molar-refractivity contribution in [1.82, 2.24) is 10.3 Å². The number of benzene rings is 1. The summed E-state index contributed by atoms with van der Waals surface area (Å²) in [5.74, 6) is 0.547. The van der Waals surface area contributed by atoms with Crippen LogP contribution in [0.25, 0.3) is 0 Å². The molecule has 0 aliphatic carbocycles. The Labute approximate surface area is 138 Å². The number of nitrogens with one attached hydrogen (secondary N) is 2. The highest BCUT2D eigenvalue weighted by atomic mass is 32.2. The van der Waals surface area contributed by atoms with Crippen molar-refractivity contribution in [2.45, 2.75) is 24.3 Å². The van der Waals surface area contributed by atoms with E-state index in [1.54, 1.807) is 30.1 Å². The molecule has 2 N–H and O–H groups in total. The van der Waals surface area contributed by atoms with Gasteiger partial charge < -0.3 is 10.6 Å². The molecule has 2 aromatic rings. The van der Waals surface area contributed by atoms with Crippen LogP contribution in [0.2, 0.25) is 0 Å². The van der Waals surface area contributed by atoms with Crippen molar-refractivity contribution in [3.8, 4) is 0 Å². The number of thioether (sulfide) groups is 1. The monoisotopic (exact) mass is 327 g/mol. The fourth-order valence-corrected chi connectivity index (χ4v) is 3.28. The number of rotatable bonds is 3. The first-order valence-corrected chi connectivity index (χ1v) is 8.40. The highest BCUT2D eigenvalue weighted by Gasteiger charge is 2.17. The second kappa shape index (κ2) is 6.83. The van der Waals surface area contributed by atoms with Gasteiger partial charge >= 0.3 is 0 Å². The maximum Gasteiger partial charge on any atom is 0.251 e. The smallest absolute Gasteiger partial charge is 0.251 e.